The van der Waals surface area contributed by atoms with Gasteiger partial charge in [-0.05, 0) is 122 Å². The number of rotatable bonds is 8. The first-order chi connectivity index (χ1) is 11.5. The van der Waals surface area contributed by atoms with E-state index in [0.717, 1.165) is 12.8 Å². The molecule has 0 spiro atoms. The molecular formula is C28H70N4. The molecule has 0 aliphatic carbocycles. The Kier molecular flexibility index (Phi) is 35.9. The molecule has 0 aliphatic rings. The standard InChI is InChI=1S/C11H24N2.C11H22N2.6CH4/c1-8-12-10(2,3)9-11(4,5)13(6)7;1-7-12-10(3,4)9-11(5,6)13-8-2;;;;;;/h8H,9H2,1-7H3;7-8H,9H2,1-6H3;6*1H4. The summed E-state index contributed by atoms with van der Waals surface area (Å²) in [4.78, 5) is 15.6. The lowest BCUT2D eigenvalue weighted by Gasteiger charge is -2.37. The maximum Gasteiger partial charge on any atom is 0.0570 e. The zero-order chi connectivity index (χ0) is 21.2. The first-order valence-electron chi connectivity index (χ1n) is 9.71. The van der Waals surface area contributed by atoms with Crippen LogP contribution in [0.15, 0.2) is 15.0 Å². The van der Waals surface area contributed by atoms with Gasteiger partial charge in [0.25, 0.3) is 0 Å². The van der Waals surface area contributed by atoms with E-state index in [4.69, 9.17) is 0 Å². The van der Waals surface area contributed by atoms with Crippen molar-refractivity contribution >= 4 is 18.6 Å². The van der Waals surface area contributed by atoms with E-state index in [0.29, 0.717) is 0 Å². The second-order valence-electron chi connectivity index (χ2n) is 9.66. The van der Waals surface area contributed by atoms with Gasteiger partial charge in [-0.1, -0.05) is 44.6 Å². The summed E-state index contributed by atoms with van der Waals surface area (Å²) < 4.78 is 0. The van der Waals surface area contributed by atoms with Crippen LogP contribution in [0.1, 0.15) is 134 Å². The zero-order valence-electron chi connectivity index (χ0n) is 19.9. The lowest BCUT2D eigenvalue weighted by Crippen LogP contribution is -2.43. The molecule has 0 aromatic heterocycles. The second-order valence-corrected chi connectivity index (χ2v) is 9.66. The highest BCUT2D eigenvalue weighted by Gasteiger charge is 2.29. The summed E-state index contributed by atoms with van der Waals surface area (Å²) in [6.07, 6.45) is 7.66. The Balaban J connectivity index is -0.0000000505. The summed E-state index contributed by atoms with van der Waals surface area (Å²) in [6, 6.07) is 0. The third-order valence-corrected chi connectivity index (χ3v) is 4.38. The Bertz CT molecular complexity index is 446. The Labute approximate surface area is 208 Å². The Morgan fingerprint density at radius 1 is 0.500 bits per heavy atom. The fraction of sp³-hybridized carbons (Fsp3) is 0.893. The van der Waals surface area contributed by atoms with Crippen molar-refractivity contribution < 1.29 is 0 Å². The van der Waals surface area contributed by atoms with Crippen LogP contribution in [-0.2, 0) is 0 Å². The SMILES string of the molecule is C.C.C.C.C.C.CC=NC(C)(C)CC(C)(C)N(C)C.CC=NC(C)(C)CC(C)(C)N=CC. The van der Waals surface area contributed by atoms with Gasteiger partial charge in [0.05, 0.1) is 16.6 Å². The zero-order valence-corrected chi connectivity index (χ0v) is 19.9. The summed E-state index contributed by atoms with van der Waals surface area (Å²) in [6.45, 7) is 23.3. The lowest BCUT2D eigenvalue weighted by molar-refractivity contribution is 0.153. The number of hydrogen-bond acceptors (Lipinski definition) is 4. The quantitative estimate of drug-likeness (QED) is 0.331. The molecule has 0 radical (unpaired) electrons. The molecule has 0 amide bonds. The van der Waals surface area contributed by atoms with Crippen LogP contribution >= 0.6 is 0 Å². The van der Waals surface area contributed by atoms with Crippen molar-refractivity contribution in [3.8, 4) is 0 Å². The Morgan fingerprint density at radius 2 is 0.719 bits per heavy atom. The van der Waals surface area contributed by atoms with Crippen LogP contribution in [0.4, 0.5) is 0 Å². The molecule has 202 valence electrons. The highest BCUT2D eigenvalue weighted by Crippen LogP contribution is 2.27. The fourth-order valence-corrected chi connectivity index (χ4v) is 3.46. The van der Waals surface area contributed by atoms with E-state index < -0.39 is 0 Å². The molecule has 0 unspecified atom stereocenters. The molecule has 0 bridgehead atoms. The molecule has 0 N–H and O–H groups in total. The molecule has 0 aliphatic heterocycles. The van der Waals surface area contributed by atoms with E-state index in [9.17, 15) is 0 Å². The minimum absolute atomic E-state index is 0. The van der Waals surface area contributed by atoms with Crippen LogP contribution in [-0.4, -0.2) is 59.8 Å². The van der Waals surface area contributed by atoms with Crippen LogP contribution in [0.3, 0.4) is 0 Å². The first kappa shape index (κ1) is 52.7. The molecule has 0 aromatic rings. The maximum atomic E-state index is 4.47. The molecule has 4 heteroatoms. The predicted octanol–water partition coefficient (Wildman–Crippen LogP) is 9.52. The van der Waals surface area contributed by atoms with Crippen LogP contribution in [0, 0.1) is 0 Å². The molecule has 32 heavy (non-hydrogen) atoms. The summed E-state index contributed by atoms with van der Waals surface area (Å²) in [5, 5.41) is 0. The topological polar surface area (TPSA) is 40.3 Å². The highest BCUT2D eigenvalue weighted by molar-refractivity contribution is 5.55. The van der Waals surface area contributed by atoms with E-state index in [1.807, 2.05) is 39.4 Å². The van der Waals surface area contributed by atoms with Crippen molar-refractivity contribution in [3.63, 3.8) is 0 Å². The van der Waals surface area contributed by atoms with Gasteiger partial charge in [-0.3, -0.25) is 15.0 Å². The van der Waals surface area contributed by atoms with Crippen molar-refractivity contribution in [1.29, 1.82) is 0 Å². The monoisotopic (exact) mass is 463 g/mol. The van der Waals surface area contributed by atoms with Gasteiger partial charge in [-0.2, -0.15) is 0 Å². The van der Waals surface area contributed by atoms with Gasteiger partial charge < -0.3 is 4.90 Å². The third-order valence-electron chi connectivity index (χ3n) is 4.38. The van der Waals surface area contributed by atoms with Crippen LogP contribution in [0.25, 0.3) is 0 Å². The minimum Gasteiger partial charge on any atom is -0.304 e. The first-order valence-corrected chi connectivity index (χ1v) is 9.71. The molecular weight excluding hydrogens is 392 g/mol. The number of aliphatic imine (C=N–C) groups is 3. The fourth-order valence-electron chi connectivity index (χ4n) is 3.46. The number of nitrogens with zero attached hydrogens (tertiary/aromatic N) is 4. The molecule has 0 atom stereocenters. The average Bonchev–Trinajstić information content (AvgIpc) is 2.35. The molecule has 0 saturated heterocycles. The van der Waals surface area contributed by atoms with Crippen LogP contribution in [0.2, 0.25) is 0 Å². The van der Waals surface area contributed by atoms with Gasteiger partial charge in [-0.15, -0.1) is 0 Å². The van der Waals surface area contributed by atoms with E-state index in [1.165, 1.54) is 0 Å². The molecule has 0 rings (SSSR count). The van der Waals surface area contributed by atoms with Crippen molar-refractivity contribution in [2.75, 3.05) is 14.1 Å². The van der Waals surface area contributed by atoms with Crippen molar-refractivity contribution in [2.45, 2.75) is 156 Å². The Morgan fingerprint density at radius 3 is 0.906 bits per heavy atom. The largest absolute Gasteiger partial charge is 0.304 e. The Hall–Kier alpha value is -1.03. The van der Waals surface area contributed by atoms with Gasteiger partial charge in [0.15, 0.2) is 0 Å². The normalized spacial score (nSPS) is 11.8. The number of hydrogen-bond donors (Lipinski definition) is 0. The van der Waals surface area contributed by atoms with E-state index >= 15 is 0 Å². The molecule has 0 aromatic carbocycles. The van der Waals surface area contributed by atoms with E-state index in [-0.39, 0.29) is 66.7 Å². The summed E-state index contributed by atoms with van der Waals surface area (Å²) in [7, 11) is 4.23. The minimum atomic E-state index is -0.00917. The van der Waals surface area contributed by atoms with Crippen LogP contribution < -0.4 is 0 Å². The van der Waals surface area contributed by atoms with Crippen molar-refractivity contribution in [2.24, 2.45) is 15.0 Å². The average molecular weight is 463 g/mol. The third kappa shape index (κ3) is 27.0. The van der Waals surface area contributed by atoms with Gasteiger partial charge in [0.2, 0.25) is 0 Å². The summed E-state index contributed by atoms with van der Waals surface area (Å²) in [5.74, 6) is 0. The molecule has 0 fully saturated rings. The van der Waals surface area contributed by atoms with Crippen LogP contribution in [0.5, 0.6) is 0 Å². The van der Waals surface area contributed by atoms with E-state index in [2.05, 4.69) is 89.4 Å². The second kappa shape index (κ2) is 21.8. The van der Waals surface area contributed by atoms with E-state index in [1.54, 1.807) is 0 Å². The van der Waals surface area contributed by atoms with Crippen molar-refractivity contribution in [3.05, 3.63) is 0 Å². The molecule has 4 nitrogen and oxygen atoms in total. The van der Waals surface area contributed by atoms with Gasteiger partial charge in [0, 0.05) is 5.54 Å². The highest BCUT2D eigenvalue weighted by atomic mass is 15.1. The van der Waals surface area contributed by atoms with Gasteiger partial charge in [0.1, 0.15) is 0 Å². The summed E-state index contributed by atoms with van der Waals surface area (Å²) >= 11 is 0. The summed E-state index contributed by atoms with van der Waals surface area (Å²) in [5.41, 5.74) is 0.230. The predicted molar refractivity (Wildman–Crippen MR) is 162 cm³/mol. The lowest BCUT2D eigenvalue weighted by atomic mass is 9.86. The maximum absolute atomic E-state index is 4.47. The van der Waals surface area contributed by atoms with Gasteiger partial charge >= 0.3 is 0 Å². The smallest absolute Gasteiger partial charge is 0.0570 e. The van der Waals surface area contributed by atoms with Crippen molar-refractivity contribution in [1.82, 2.24) is 4.90 Å². The van der Waals surface area contributed by atoms with Gasteiger partial charge in [-0.25, -0.2) is 0 Å². The molecule has 0 saturated carbocycles. The molecule has 0 heterocycles.